The molecule has 0 aliphatic carbocycles. The van der Waals surface area contributed by atoms with Gasteiger partial charge in [-0.2, -0.15) is 4.98 Å². The van der Waals surface area contributed by atoms with Crippen molar-refractivity contribution in [3.8, 4) is 0 Å². The lowest BCUT2D eigenvalue weighted by Gasteiger charge is -2.17. The molecule has 0 saturated heterocycles. The van der Waals surface area contributed by atoms with Gasteiger partial charge >= 0.3 is 5.63 Å². The van der Waals surface area contributed by atoms with Crippen LogP contribution in [0, 0.1) is 6.92 Å². The zero-order valence-corrected chi connectivity index (χ0v) is 17.0. The SMILES string of the molecule is CCCC(C)c1cc(C)c(C(=O)N(C)CCc2noc(C(C)C)n2)c(=O)o1. The zero-order valence-electron chi connectivity index (χ0n) is 17.0. The average molecular weight is 375 g/mol. The number of carbonyl (C=O) groups excluding carboxylic acids is 1. The van der Waals surface area contributed by atoms with Crippen molar-refractivity contribution in [3.05, 3.63) is 45.1 Å². The van der Waals surface area contributed by atoms with Crippen molar-refractivity contribution >= 4 is 5.91 Å². The van der Waals surface area contributed by atoms with Crippen molar-refractivity contribution < 1.29 is 13.7 Å². The second-order valence-corrected chi connectivity index (χ2v) is 7.36. The Hall–Kier alpha value is -2.44. The third-order valence-electron chi connectivity index (χ3n) is 4.58. The maximum atomic E-state index is 12.7. The Morgan fingerprint density at radius 2 is 2.00 bits per heavy atom. The smallest absolute Gasteiger partial charge is 0.349 e. The Labute approximate surface area is 159 Å². The Balaban J connectivity index is 2.10. The van der Waals surface area contributed by atoms with Gasteiger partial charge in [0.25, 0.3) is 5.91 Å². The minimum absolute atomic E-state index is 0.0842. The lowest BCUT2D eigenvalue weighted by atomic mass is 10.0. The number of amides is 1. The van der Waals surface area contributed by atoms with Crippen molar-refractivity contribution in [1.82, 2.24) is 15.0 Å². The summed E-state index contributed by atoms with van der Waals surface area (Å²) in [5.41, 5.74) is 0.148. The van der Waals surface area contributed by atoms with Gasteiger partial charge in [0.05, 0.1) is 0 Å². The zero-order chi connectivity index (χ0) is 20.1. The van der Waals surface area contributed by atoms with Crippen LogP contribution in [0.5, 0.6) is 0 Å². The number of aryl methyl sites for hydroxylation is 1. The quantitative estimate of drug-likeness (QED) is 0.699. The molecule has 0 N–H and O–H groups in total. The Bertz CT molecular complexity index is 838. The molecule has 0 aliphatic heterocycles. The lowest BCUT2D eigenvalue weighted by Crippen LogP contribution is -2.33. The summed E-state index contributed by atoms with van der Waals surface area (Å²) in [7, 11) is 1.65. The van der Waals surface area contributed by atoms with Crippen molar-refractivity contribution in [1.29, 1.82) is 0 Å². The highest BCUT2D eigenvalue weighted by molar-refractivity contribution is 5.94. The predicted molar refractivity (Wildman–Crippen MR) is 102 cm³/mol. The maximum Gasteiger partial charge on any atom is 0.349 e. The van der Waals surface area contributed by atoms with E-state index in [9.17, 15) is 9.59 Å². The van der Waals surface area contributed by atoms with E-state index >= 15 is 0 Å². The van der Waals surface area contributed by atoms with Crippen molar-refractivity contribution in [3.63, 3.8) is 0 Å². The second kappa shape index (κ2) is 8.97. The topological polar surface area (TPSA) is 89.4 Å². The van der Waals surface area contributed by atoms with E-state index in [1.807, 2.05) is 20.8 Å². The first kappa shape index (κ1) is 20.9. The molecule has 7 heteroatoms. The summed E-state index contributed by atoms with van der Waals surface area (Å²) in [6.07, 6.45) is 2.38. The van der Waals surface area contributed by atoms with Crippen LogP contribution in [0.2, 0.25) is 0 Å². The summed E-state index contributed by atoms with van der Waals surface area (Å²) in [6, 6.07) is 1.80. The minimum atomic E-state index is -0.577. The first-order valence-electron chi connectivity index (χ1n) is 9.47. The molecule has 0 aromatic carbocycles. The molecular formula is C20H29N3O4. The molecule has 1 atom stereocenters. The monoisotopic (exact) mass is 375 g/mol. The van der Waals surface area contributed by atoms with Crippen LogP contribution in [-0.4, -0.2) is 34.5 Å². The number of likely N-dealkylation sites (N-methyl/N-ethyl adjacent to an activating group) is 1. The van der Waals surface area contributed by atoms with Gasteiger partial charge in [-0.1, -0.05) is 39.3 Å². The second-order valence-electron chi connectivity index (χ2n) is 7.36. The van der Waals surface area contributed by atoms with Gasteiger partial charge in [0.15, 0.2) is 5.82 Å². The minimum Gasteiger partial charge on any atom is -0.427 e. The standard InChI is InChI=1S/C20H29N3O4/c1-7-8-13(4)15-11-14(5)17(20(25)26-15)19(24)23(6)10-9-16-21-18(12(2)3)27-22-16/h11-13H,7-10H2,1-6H3. The Kier molecular flexibility index (Phi) is 6.93. The van der Waals surface area contributed by atoms with Gasteiger partial charge in [0, 0.05) is 31.8 Å². The van der Waals surface area contributed by atoms with Crippen molar-refractivity contribution in [2.24, 2.45) is 0 Å². The summed E-state index contributed by atoms with van der Waals surface area (Å²) < 4.78 is 10.6. The van der Waals surface area contributed by atoms with E-state index < -0.39 is 5.63 Å². The fourth-order valence-electron chi connectivity index (χ4n) is 2.87. The van der Waals surface area contributed by atoms with Gasteiger partial charge < -0.3 is 13.8 Å². The van der Waals surface area contributed by atoms with Crippen LogP contribution >= 0.6 is 0 Å². The summed E-state index contributed by atoms with van der Waals surface area (Å²) in [5.74, 6) is 1.70. The number of hydrogen-bond donors (Lipinski definition) is 0. The number of rotatable bonds is 8. The van der Waals surface area contributed by atoms with Crippen LogP contribution in [0.3, 0.4) is 0 Å². The normalized spacial score (nSPS) is 12.4. The molecule has 0 bridgehead atoms. The van der Waals surface area contributed by atoms with E-state index in [0.29, 0.717) is 36.0 Å². The van der Waals surface area contributed by atoms with Crippen LogP contribution in [0.25, 0.3) is 0 Å². The van der Waals surface area contributed by atoms with E-state index in [2.05, 4.69) is 17.1 Å². The molecule has 0 saturated carbocycles. The fraction of sp³-hybridized carbons (Fsp3) is 0.600. The summed E-state index contributed by atoms with van der Waals surface area (Å²) in [5, 5.41) is 3.92. The number of hydrogen-bond acceptors (Lipinski definition) is 6. The van der Waals surface area contributed by atoms with Gasteiger partial charge in [-0.3, -0.25) is 4.79 Å². The lowest BCUT2D eigenvalue weighted by molar-refractivity contribution is 0.0790. The summed E-state index contributed by atoms with van der Waals surface area (Å²) in [6.45, 7) is 10.2. The van der Waals surface area contributed by atoms with E-state index in [1.165, 1.54) is 4.90 Å². The van der Waals surface area contributed by atoms with E-state index in [0.717, 1.165) is 12.8 Å². The van der Waals surface area contributed by atoms with Crippen LogP contribution in [0.15, 0.2) is 19.8 Å². The van der Waals surface area contributed by atoms with Gasteiger partial charge in [-0.05, 0) is 25.0 Å². The molecule has 148 valence electrons. The third-order valence-corrected chi connectivity index (χ3v) is 4.58. The molecule has 2 aromatic rings. The van der Waals surface area contributed by atoms with Crippen LogP contribution < -0.4 is 5.63 Å². The average Bonchev–Trinajstić information content (AvgIpc) is 3.08. The Morgan fingerprint density at radius 3 is 2.56 bits per heavy atom. The van der Waals surface area contributed by atoms with E-state index in [4.69, 9.17) is 8.94 Å². The van der Waals surface area contributed by atoms with Crippen molar-refractivity contribution in [2.45, 2.75) is 65.7 Å². The molecule has 2 heterocycles. The fourth-order valence-corrected chi connectivity index (χ4v) is 2.87. The van der Waals surface area contributed by atoms with Crippen molar-refractivity contribution in [2.75, 3.05) is 13.6 Å². The molecule has 0 radical (unpaired) electrons. The van der Waals surface area contributed by atoms with Gasteiger partial charge in [-0.15, -0.1) is 0 Å². The first-order valence-corrected chi connectivity index (χ1v) is 9.47. The Morgan fingerprint density at radius 1 is 1.30 bits per heavy atom. The molecule has 7 nitrogen and oxygen atoms in total. The number of carbonyl (C=O) groups is 1. The van der Waals surface area contributed by atoms with Gasteiger partial charge in [0.2, 0.25) is 5.89 Å². The van der Waals surface area contributed by atoms with Crippen LogP contribution in [-0.2, 0) is 6.42 Å². The molecule has 0 spiro atoms. The van der Waals surface area contributed by atoms with Crippen LogP contribution in [0.1, 0.15) is 85.8 Å². The molecule has 27 heavy (non-hydrogen) atoms. The molecule has 1 amide bonds. The largest absolute Gasteiger partial charge is 0.427 e. The molecular weight excluding hydrogens is 346 g/mol. The third kappa shape index (κ3) is 5.05. The number of nitrogens with zero attached hydrogens (tertiary/aromatic N) is 3. The van der Waals surface area contributed by atoms with E-state index in [1.54, 1.807) is 20.0 Å². The summed E-state index contributed by atoms with van der Waals surface area (Å²) >= 11 is 0. The summed E-state index contributed by atoms with van der Waals surface area (Å²) in [4.78, 5) is 30.9. The molecule has 0 aliphatic rings. The highest BCUT2D eigenvalue weighted by Crippen LogP contribution is 2.21. The highest BCUT2D eigenvalue weighted by atomic mass is 16.5. The highest BCUT2D eigenvalue weighted by Gasteiger charge is 2.22. The van der Waals surface area contributed by atoms with Gasteiger partial charge in [-0.25, -0.2) is 4.79 Å². The number of aromatic nitrogens is 2. The van der Waals surface area contributed by atoms with Crippen LogP contribution in [0.4, 0.5) is 0 Å². The maximum absolute atomic E-state index is 12.7. The first-order chi connectivity index (χ1) is 12.7. The molecule has 1 unspecified atom stereocenters. The predicted octanol–water partition coefficient (Wildman–Crippen LogP) is 3.67. The molecule has 2 rings (SSSR count). The van der Waals surface area contributed by atoms with Gasteiger partial charge in [0.1, 0.15) is 11.3 Å². The van der Waals surface area contributed by atoms with E-state index in [-0.39, 0.29) is 23.3 Å². The molecule has 0 fully saturated rings. The molecule has 2 aromatic heterocycles.